The number of aryl methyl sites for hydroxylation is 1. The largest absolute Gasteiger partial charge is 0.493 e. The van der Waals surface area contributed by atoms with Crippen LogP contribution in [0, 0.1) is 0 Å². The standard InChI is InChI=1S/C36H58NO3/c1-4-5-6-7-8-9-10-11-12-13-14-16-21-33-25-27-35(28-26-33)39-30-20-31-40-36(38)24-19-29-37(2,3)32-34-22-17-15-18-23-34/h15,17-18,22-23,25-28H,4-14,16,19-21,24,29-32H2,1-3H3/q+1. The minimum Gasteiger partial charge on any atom is -0.493 e. The van der Waals surface area contributed by atoms with Gasteiger partial charge in [-0.2, -0.15) is 0 Å². The SMILES string of the molecule is CCCCCCCCCCCCCCc1ccc(OCCCOC(=O)CCC[N+](C)(C)Cc2ccccc2)cc1. The number of quaternary nitrogens is 1. The lowest BCUT2D eigenvalue weighted by Crippen LogP contribution is -2.39. The van der Waals surface area contributed by atoms with E-state index in [9.17, 15) is 4.79 Å². The molecule has 2 aromatic rings. The maximum absolute atomic E-state index is 12.1. The summed E-state index contributed by atoms with van der Waals surface area (Å²) in [5.41, 5.74) is 2.71. The van der Waals surface area contributed by atoms with E-state index in [0.717, 1.165) is 36.2 Å². The second-order valence-corrected chi connectivity index (χ2v) is 12.1. The van der Waals surface area contributed by atoms with Crippen molar-refractivity contribution in [3.8, 4) is 5.75 Å². The first kappa shape index (κ1) is 33.9. The molecule has 0 radical (unpaired) electrons. The summed E-state index contributed by atoms with van der Waals surface area (Å²) in [6.07, 6.45) is 19.8. The van der Waals surface area contributed by atoms with Gasteiger partial charge < -0.3 is 14.0 Å². The summed E-state index contributed by atoms with van der Waals surface area (Å²) in [7, 11) is 4.42. The van der Waals surface area contributed by atoms with Crippen molar-refractivity contribution in [2.24, 2.45) is 0 Å². The average molecular weight is 553 g/mol. The van der Waals surface area contributed by atoms with Gasteiger partial charge in [0.05, 0.1) is 40.3 Å². The molecule has 0 amide bonds. The first-order chi connectivity index (χ1) is 19.5. The van der Waals surface area contributed by atoms with Crippen molar-refractivity contribution in [3.63, 3.8) is 0 Å². The van der Waals surface area contributed by atoms with Crippen LogP contribution in [0.4, 0.5) is 0 Å². The zero-order valence-corrected chi connectivity index (χ0v) is 26.0. The molecule has 224 valence electrons. The zero-order valence-electron chi connectivity index (χ0n) is 26.0. The van der Waals surface area contributed by atoms with Gasteiger partial charge in [0.15, 0.2) is 0 Å². The molecular formula is C36H58NO3+. The number of hydrogen-bond acceptors (Lipinski definition) is 3. The third-order valence-electron chi connectivity index (χ3n) is 7.66. The van der Waals surface area contributed by atoms with Crippen LogP contribution in [0.2, 0.25) is 0 Å². The lowest BCUT2D eigenvalue weighted by Gasteiger charge is -2.29. The topological polar surface area (TPSA) is 35.5 Å². The van der Waals surface area contributed by atoms with Crippen LogP contribution < -0.4 is 4.74 Å². The van der Waals surface area contributed by atoms with E-state index < -0.39 is 0 Å². The molecule has 2 aromatic carbocycles. The van der Waals surface area contributed by atoms with Crippen LogP contribution in [0.25, 0.3) is 0 Å². The molecule has 0 aliphatic carbocycles. The molecule has 0 spiro atoms. The molecule has 0 aliphatic rings. The van der Waals surface area contributed by atoms with E-state index in [1.807, 2.05) is 6.07 Å². The van der Waals surface area contributed by atoms with E-state index in [1.54, 1.807) is 0 Å². The van der Waals surface area contributed by atoms with Crippen LogP contribution in [0.1, 0.15) is 114 Å². The number of carbonyl (C=O) groups excluding carboxylic acids is 1. The second-order valence-electron chi connectivity index (χ2n) is 12.1. The number of rotatable bonds is 24. The second kappa shape index (κ2) is 21.4. The first-order valence-corrected chi connectivity index (χ1v) is 16.2. The molecule has 0 fully saturated rings. The third-order valence-corrected chi connectivity index (χ3v) is 7.66. The van der Waals surface area contributed by atoms with E-state index in [2.05, 4.69) is 69.6 Å². The minimum atomic E-state index is -0.109. The van der Waals surface area contributed by atoms with Crippen molar-refractivity contribution >= 4 is 5.97 Å². The highest BCUT2D eigenvalue weighted by Crippen LogP contribution is 2.16. The predicted molar refractivity (Wildman–Crippen MR) is 169 cm³/mol. The van der Waals surface area contributed by atoms with Crippen molar-refractivity contribution in [2.75, 3.05) is 33.9 Å². The number of nitrogens with zero attached hydrogens (tertiary/aromatic N) is 1. The van der Waals surface area contributed by atoms with Gasteiger partial charge in [-0.05, 0) is 30.5 Å². The molecular weight excluding hydrogens is 494 g/mol. The summed E-state index contributed by atoms with van der Waals surface area (Å²) in [5, 5.41) is 0. The summed E-state index contributed by atoms with van der Waals surface area (Å²) in [4.78, 5) is 12.1. The molecule has 0 saturated carbocycles. The van der Waals surface area contributed by atoms with Gasteiger partial charge in [0, 0.05) is 18.4 Å². The van der Waals surface area contributed by atoms with Crippen molar-refractivity contribution in [1.82, 2.24) is 0 Å². The molecule has 0 unspecified atom stereocenters. The molecule has 0 bridgehead atoms. The molecule has 0 aliphatic heterocycles. The molecule has 4 nitrogen and oxygen atoms in total. The van der Waals surface area contributed by atoms with Gasteiger partial charge in [0.25, 0.3) is 0 Å². The van der Waals surface area contributed by atoms with Crippen LogP contribution in [-0.2, 0) is 22.5 Å². The maximum atomic E-state index is 12.1. The quantitative estimate of drug-likeness (QED) is 0.0739. The predicted octanol–water partition coefficient (Wildman–Crippen LogP) is 9.30. The van der Waals surface area contributed by atoms with Crippen molar-refractivity contribution in [1.29, 1.82) is 0 Å². The Morgan fingerprint density at radius 3 is 1.88 bits per heavy atom. The molecule has 0 atom stereocenters. The highest BCUT2D eigenvalue weighted by atomic mass is 16.5. The van der Waals surface area contributed by atoms with Gasteiger partial charge in [-0.1, -0.05) is 120 Å². The average Bonchev–Trinajstić information content (AvgIpc) is 2.94. The highest BCUT2D eigenvalue weighted by molar-refractivity contribution is 5.69. The molecule has 40 heavy (non-hydrogen) atoms. The Kier molecular flexibility index (Phi) is 18.1. The van der Waals surface area contributed by atoms with E-state index in [4.69, 9.17) is 9.47 Å². The van der Waals surface area contributed by atoms with Crippen LogP contribution in [-0.4, -0.2) is 44.3 Å². The number of unbranched alkanes of at least 4 members (excludes halogenated alkanes) is 11. The Balaban J connectivity index is 1.42. The van der Waals surface area contributed by atoms with Crippen LogP contribution in [0.3, 0.4) is 0 Å². The smallest absolute Gasteiger partial charge is 0.306 e. The highest BCUT2D eigenvalue weighted by Gasteiger charge is 2.16. The van der Waals surface area contributed by atoms with Crippen LogP contribution in [0.15, 0.2) is 54.6 Å². The number of esters is 1. The summed E-state index contributed by atoms with van der Waals surface area (Å²) in [6.45, 7) is 5.17. The van der Waals surface area contributed by atoms with E-state index in [1.165, 1.54) is 88.2 Å². The molecule has 0 aromatic heterocycles. The van der Waals surface area contributed by atoms with Gasteiger partial charge in [0.1, 0.15) is 12.3 Å². The third kappa shape index (κ3) is 17.4. The summed E-state index contributed by atoms with van der Waals surface area (Å²) in [6, 6.07) is 19.0. The number of benzene rings is 2. The Labute approximate surface area is 246 Å². The van der Waals surface area contributed by atoms with E-state index in [-0.39, 0.29) is 5.97 Å². The van der Waals surface area contributed by atoms with Gasteiger partial charge in [-0.3, -0.25) is 4.79 Å². The molecule has 0 N–H and O–H groups in total. The van der Waals surface area contributed by atoms with Crippen molar-refractivity contribution < 1.29 is 18.8 Å². The molecule has 2 rings (SSSR count). The molecule has 0 heterocycles. The first-order valence-electron chi connectivity index (χ1n) is 16.2. The number of hydrogen-bond donors (Lipinski definition) is 0. The van der Waals surface area contributed by atoms with Gasteiger partial charge in [0.2, 0.25) is 0 Å². The Morgan fingerprint density at radius 1 is 0.650 bits per heavy atom. The number of carbonyl (C=O) groups is 1. The molecule has 4 heteroatoms. The minimum absolute atomic E-state index is 0.109. The summed E-state index contributed by atoms with van der Waals surface area (Å²) < 4.78 is 12.1. The Bertz CT molecular complexity index is 879. The summed E-state index contributed by atoms with van der Waals surface area (Å²) >= 11 is 0. The zero-order chi connectivity index (χ0) is 28.7. The van der Waals surface area contributed by atoms with Crippen LogP contribution >= 0.6 is 0 Å². The lowest BCUT2D eigenvalue weighted by atomic mass is 10.0. The summed E-state index contributed by atoms with van der Waals surface area (Å²) in [5.74, 6) is 0.782. The fraction of sp³-hybridized carbons (Fsp3) is 0.639. The molecule has 0 saturated heterocycles. The van der Waals surface area contributed by atoms with Crippen molar-refractivity contribution in [3.05, 3.63) is 65.7 Å². The Morgan fingerprint density at radius 2 is 1.25 bits per heavy atom. The van der Waals surface area contributed by atoms with Crippen molar-refractivity contribution in [2.45, 2.75) is 116 Å². The van der Waals surface area contributed by atoms with Gasteiger partial charge in [-0.25, -0.2) is 0 Å². The number of ether oxygens (including phenoxy) is 2. The van der Waals surface area contributed by atoms with Gasteiger partial charge >= 0.3 is 5.97 Å². The van der Waals surface area contributed by atoms with Crippen LogP contribution in [0.5, 0.6) is 5.75 Å². The maximum Gasteiger partial charge on any atom is 0.306 e. The fourth-order valence-electron chi connectivity index (χ4n) is 5.24. The fourth-order valence-corrected chi connectivity index (χ4v) is 5.24. The monoisotopic (exact) mass is 552 g/mol. The lowest BCUT2D eigenvalue weighted by molar-refractivity contribution is -0.903. The van der Waals surface area contributed by atoms with E-state index >= 15 is 0 Å². The van der Waals surface area contributed by atoms with E-state index in [0.29, 0.717) is 26.1 Å². The van der Waals surface area contributed by atoms with Gasteiger partial charge in [-0.15, -0.1) is 0 Å². The normalized spacial score (nSPS) is 11.5. The Hall–Kier alpha value is -2.33.